The number of nitrogens with one attached hydrogen (secondary N) is 2. The van der Waals surface area contributed by atoms with E-state index in [0.717, 1.165) is 55.0 Å². The molecule has 0 saturated carbocycles. The highest BCUT2D eigenvalue weighted by Crippen LogP contribution is 2.29. The molecule has 0 saturated heterocycles. The van der Waals surface area contributed by atoms with Crippen molar-refractivity contribution in [1.29, 1.82) is 0 Å². The number of aryl methyl sites for hydroxylation is 1. The second-order valence-electron chi connectivity index (χ2n) is 5.99. The molecule has 114 valence electrons. The number of nitrogens with zero attached hydrogens (tertiary/aromatic N) is 1. The predicted octanol–water partition coefficient (Wildman–Crippen LogP) is 1.77. The molecule has 0 spiro atoms. The van der Waals surface area contributed by atoms with Gasteiger partial charge in [0, 0.05) is 36.6 Å². The average molecular weight is 297 g/mol. The SMILES string of the molecule is O=C(NCc1cccc2c1OCC2)[C@H]1CCc2nc[nH]c2C1. The first-order chi connectivity index (χ1) is 10.8. The second-order valence-corrected chi connectivity index (χ2v) is 5.99. The van der Waals surface area contributed by atoms with Crippen molar-refractivity contribution in [3.8, 4) is 5.75 Å². The maximum Gasteiger partial charge on any atom is 0.223 e. The van der Waals surface area contributed by atoms with E-state index in [0.29, 0.717) is 6.54 Å². The lowest BCUT2D eigenvalue weighted by Gasteiger charge is -2.21. The summed E-state index contributed by atoms with van der Waals surface area (Å²) in [6, 6.07) is 6.15. The normalized spacial score (nSPS) is 19.2. The van der Waals surface area contributed by atoms with Gasteiger partial charge in [-0.1, -0.05) is 18.2 Å². The summed E-state index contributed by atoms with van der Waals surface area (Å²) in [4.78, 5) is 19.8. The summed E-state index contributed by atoms with van der Waals surface area (Å²) < 4.78 is 5.68. The van der Waals surface area contributed by atoms with Gasteiger partial charge in [-0.2, -0.15) is 0 Å². The number of carbonyl (C=O) groups excluding carboxylic acids is 1. The predicted molar refractivity (Wildman–Crippen MR) is 81.6 cm³/mol. The number of hydrogen-bond acceptors (Lipinski definition) is 3. The van der Waals surface area contributed by atoms with Gasteiger partial charge in [0.15, 0.2) is 0 Å². The molecular weight excluding hydrogens is 278 g/mol. The molecule has 1 atom stereocenters. The van der Waals surface area contributed by atoms with Gasteiger partial charge in [0.05, 0.1) is 18.6 Å². The van der Waals surface area contributed by atoms with Crippen molar-refractivity contribution in [2.75, 3.05) is 6.61 Å². The highest BCUT2D eigenvalue weighted by Gasteiger charge is 2.26. The van der Waals surface area contributed by atoms with Gasteiger partial charge in [-0.3, -0.25) is 4.79 Å². The second kappa shape index (κ2) is 5.48. The van der Waals surface area contributed by atoms with Crippen LogP contribution in [0.2, 0.25) is 0 Å². The molecule has 5 heteroatoms. The van der Waals surface area contributed by atoms with Crippen molar-refractivity contribution < 1.29 is 9.53 Å². The molecule has 0 bridgehead atoms. The Morgan fingerprint density at radius 3 is 3.32 bits per heavy atom. The van der Waals surface area contributed by atoms with E-state index in [9.17, 15) is 4.79 Å². The number of ether oxygens (including phenoxy) is 1. The van der Waals surface area contributed by atoms with E-state index >= 15 is 0 Å². The third-order valence-electron chi connectivity index (χ3n) is 4.61. The van der Waals surface area contributed by atoms with E-state index in [1.54, 1.807) is 6.33 Å². The van der Waals surface area contributed by atoms with E-state index in [2.05, 4.69) is 21.4 Å². The van der Waals surface area contributed by atoms with Gasteiger partial charge in [0.25, 0.3) is 0 Å². The van der Waals surface area contributed by atoms with Crippen LogP contribution in [-0.2, 0) is 30.6 Å². The summed E-state index contributed by atoms with van der Waals surface area (Å²) in [7, 11) is 0. The first-order valence-electron chi connectivity index (χ1n) is 7.83. The lowest BCUT2D eigenvalue weighted by Crippen LogP contribution is -2.33. The molecule has 1 aliphatic carbocycles. The molecule has 4 rings (SSSR count). The number of carbonyl (C=O) groups is 1. The van der Waals surface area contributed by atoms with E-state index in [4.69, 9.17) is 4.74 Å². The molecule has 2 heterocycles. The van der Waals surface area contributed by atoms with Gasteiger partial charge in [-0.15, -0.1) is 0 Å². The highest BCUT2D eigenvalue weighted by molar-refractivity contribution is 5.79. The van der Waals surface area contributed by atoms with Gasteiger partial charge >= 0.3 is 0 Å². The fourth-order valence-corrected chi connectivity index (χ4v) is 3.37. The van der Waals surface area contributed by atoms with Gasteiger partial charge in [0.2, 0.25) is 5.91 Å². The lowest BCUT2D eigenvalue weighted by molar-refractivity contribution is -0.125. The molecular formula is C17H19N3O2. The van der Waals surface area contributed by atoms with Crippen molar-refractivity contribution in [3.63, 3.8) is 0 Å². The number of hydrogen-bond donors (Lipinski definition) is 2. The van der Waals surface area contributed by atoms with Crippen LogP contribution in [0.3, 0.4) is 0 Å². The number of para-hydroxylation sites is 1. The number of imidazole rings is 1. The molecule has 22 heavy (non-hydrogen) atoms. The zero-order valence-electron chi connectivity index (χ0n) is 12.4. The summed E-state index contributed by atoms with van der Waals surface area (Å²) in [5.41, 5.74) is 4.53. The molecule has 1 aromatic heterocycles. The molecule has 0 unspecified atom stereocenters. The number of rotatable bonds is 3. The highest BCUT2D eigenvalue weighted by atomic mass is 16.5. The Hall–Kier alpha value is -2.30. The molecule has 1 aromatic carbocycles. The third-order valence-corrected chi connectivity index (χ3v) is 4.61. The van der Waals surface area contributed by atoms with Crippen LogP contribution >= 0.6 is 0 Å². The number of benzene rings is 1. The smallest absolute Gasteiger partial charge is 0.223 e. The molecule has 1 aliphatic heterocycles. The van der Waals surface area contributed by atoms with E-state index in [1.807, 2.05) is 12.1 Å². The maximum atomic E-state index is 12.4. The quantitative estimate of drug-likeness (QED) is 0.907. The minimum Gasteiger partial charge on any atom is -0.493 e. The van der Waals surface area contributed by atoms with Crippen LogP contribution in [0.5, 0.6) is 5.75 Å². The zero-order valence-corrected chi connectivity index (χ0v) is 12.4. The summed E-state index contributed by atoms with van der Waals surface area (Å²) >= 11 is 0. The van der Waals surface area contributed by atoms with E-state index in [-0.39, 0.29) is 11.8 Å². The lowest BCUT2D eigenvalue weighted by atomic mass is 9.89. The van der Waals surface area contributed by atoms with Gasteiger partial charge in [0.1, 0.15) is 5.75 Å². The Balaban J connectivity index is 1.40. The van der Waals surface area contributed by atoms with Crippen LogP contribution in [0.4, 0.5) is 0 Å². The number of H-pyrrole nitrogens is 1. The fraction of sp³-hybridized carbons (Fsp3) is 0.412. The number of aromatic amines is 1. The molecule has 2 aliphatic rings. The Labute approximate surface area is 129 Å². The first kappa shape index (κ1) is 13.4. The monoisotopic (exact) mass is 297 g/mol. The van der Waals surface area contributed by atoms with Gasteiger partial charge in [-0.25, -0.2) is 4.98 Å². The van der Waals surface area contributed by atoms with Crippen molar-refractivity contribution in [1.82, 2.24) is 15.3 Å². The standard InChI is InChI=1S/C17H19N3O2/c21-17(12-4-5-14-15(8-12)20-10-19-14)18-9-13-3-1-2-11-6-7-22-16(11)13/h1-3,10,12H,4-9H2,(H,18,21)(H,19,20)/t12-/m0/s1. The van der Waals surface area contributed by atoms with E-state index in [1.165, 1.54) is 5.56 Å². The third kappa shape index (κ3) is 2.36. The molecule has 0 radical (unpaired) electrons. The first-order valence-corrected chi connectivity index (χ1v) is 7.83. The maximum absolute atomic E-state index is 12.4. The Bertz CT molecular complexity index is 708. The molecule has 0 fully saturated rings. The number of fused-ring (bicyclic) bond motifs is 2. The summed E-state index contributed by atoms with van der Waals surface area (Å²) in [5.74, 6) is 1.11. The number of amides is 1. The van der Waals surface area contributed by atoms with Crippen LogP contribution in [0, 0.1) is 5.92 Å². The van der Waals surface area contributed by atoms with Crippen molar-refractivity contribution in [2.24, 2.45) is 5.92 Å². The summed E-state index contributed by atoms with van der Waals surface area (Å²) in [6.07, 6.45) is 5.18. The Morgan fingerprint density at radius 1 is 1.41 bits per heavy atom. The van der Waals surface area contributed by atoms with Crippen molar-refractivity contribution in [2.45, 2.75) is 32.2 Å². The van der Waals surface area contributed by atoms with Crippen LogP contribution < -0.4 is 10.1 Å². The minimum absolute atomic E-state index is 0.0330. The fourth-order valence-electron chi connectivity index (χ4n) is 3.37. The molecule has 5 nitrogen and oxygen atoms in total. The van der Waals surface area contributed by atoms with Crippen LogP contribution in [0.15, 0.2) is 24.5 Å². The van der Waals surface area contributed by atoms with E-state index < -0.39 is 0 Å². The Morgan fingerprint density at radius 2 is 2.36 bits per heavy atom. The molecule has 2 aromatic rings. The number of aromatic nitrogens is 2. The van der Waals surface area contributed by atoms with Crippen molar-refractivity contribution in [3.05, 3.63) is 47.0 Å². The largest absolute Gasteiger partial charge is 0.493 e. The minimum atomic E-state index is 0.0330. The van der Waals surface area contributed by atoms with Crippen LogP contribution in [0.1, 0.15) is 28.9 Å². The van der Waals surface area contributed by atoms with Crippen LogP contribution in [-0.4, -0.2) is 22.5 Å². The topological polar surface area (TPSA) is 67.0 Å². The molecule has 1 amide bonds. The zero-order chi connectivity index (χ0) is 14.9. The van der Waals surface area contributed by atoms with Gasteiger partial charge < -0.3 is 15.0 Å². The van der Waals surface area contributed by atoms with Crippen molar-refractivity contribution >= 4 is 5.91 Å². The Kier molecular flexibility index (Phi) is 3.33. The summed E-state index contributed by atoms with van der Waals surface area (Å²) in [6.45, 7) is 1.28. The van der Waals surface area contributed by atoms with Gasteiger partial charge in [-0.05, 0) is 18.4 Å². The average Bonchev–Trinajstić information content (AvgIpc) is 3.20. The molecule has 2 N–H and O–H groups in total. The summed E-state index contributed by atoms with van der Waals surface area (Å²) in [5, 5.41) is 3.07. The van der Waals surface area contributed by atoms with Crippen LogP contribution in [0.25, 0.3) is 0 Å².